The number of aromatic nitrogens is 4. The summed E-state index contributed by atoms with van der Waals surface area (Å²) in [6.45, 7) is 12.0. The quantitative estimate of drug-likeness (QED) is 0.0495. The predicted octanol–water partition coefficient (Wildman–Crippen LogP) is 23.9. The number of methoxy groups -OCH3 is 4. The maximum absolute atomic E-state index is 17.5. The number of nitrogens with one attached hydrogen (secondary N) is 7. The maximum atomic E-state index is 17.5. The zero-order valence-corrected chi connectivity index (χ0v) is 68.7. The number of ether oxygens (including phenoxy) is 4. The van der Waals surface area contributed by atoms with Crippen LogP contribution < -0.4 is 40.2 Å². The zero-order chi connectivity index (χ0) is 85.1. The summed E-state index contributed by atoms with van der Waals surface area (Å²) < 4.78 is 110. The highest BCUT2D eigenvalue weighted by molar-refractivity contribution is 6.16. The molecule has 0 radical (unpaired) electrons. The standard InChI is InChI=1S/C101H85F5N8O8/c1-100(2,3)59-47-73-88-74(48-59)112-78(116)40-28-56-44-52-20-12-16-24-62(52)82(97(56)120-8)84-64-26-18-14-22-54(64)46-58(99(84)122-10)30-42-80(118)114-76-50-60(101(4,5)6)49-75(113-79(117)41-29-57-45-53-21-13-17-25-63(53)83(98(57)121-9)81-61-23-15-11-19-51(61)43-55(96(81)119-7)27-39-77(115)111-73)89(76)86-68-34-32-66(108-68)65-31-33-67(107-65)85(88)69-35-37-71(109-69)87(72-38-36-70(86)110-72)90-91(102)93(104)95(106)94(105)92(90)103/h11-26,31-38,43-50,107,109-110H,27-30,39-42H2,1-10H3,(H,111,115)(H,112,116)(H,113,117)(H,114,118). The fourth-order valence-electron chi connectivity index (χ4n) is 17.9. The first-order valence-electron chi connectivity index (χ1n) is 40.6. The Morgan fingerprint density at radius 2 is 0.549 bits per heavy atom. The molecule has 0 saturated heterocycles. The Morgan fingerprint density at radius 3 is 0.861 bits per heavy atom. The van der Waals surface area contributed by atoms with Crippen LogP contribution in [0.15, 0.2) is 182 Å². The van der Waals surface area contributed by atoms with Crippen molar-refractivity contribution in [2.24, 2.45) is 0 Å². The molecule has 0 fully saturated rings. The lowest BCUT2D eigenvalue weighted by Crippen LogP contribution is -2.19. The Bertz CT molecular complexity index is 6870. The number of hydrogen-bond donors (Lipinski definition) is 7. The van der Waals surface area contributed by atoms with Gasteiger partial charge in [-0.2, -0.15) is 0 Å². The number of amides is 4. The second-order valence-corrected chi connectivity index (χ2v) is 33.4. The Balaban J connectivity index is 0.995. The average Bonchev–Trinajstić information content (AvgIpc) is 1.23. The van der Waals surface area contributed by atoms with Gasteiger partial charge in [0.25, 0.3) is 0 Å². The molecule has 612 valence electrons. The monoisotopic (exact) mass is 1630 g/mol. The normalized spacial score (nSPS) is 13.9. The largest absolute Gasteiger partial charge is 0.496 e. The van der Waals surface area contributed by atoms with Gasteiger partial charge in [-0.25, -0.2) is 26.9 Å². The molecular formula is C101H85F5N8O8. The van der Waals surface area contributed by atoms with Gasteiger partial charge in [0.15, 0.2) is 23.3 Å². The molecule has 3 aliphatic rings. The second-order valence-electron chi connectivity index (χ2n) is 33.4. The molecule has 21 heteroatoms. The molecule has 4 amide bonds. The molecule has 0 atom stereocenters. The van der Waals surface area contributed by atoms with E-state index in [-0.39, 0.29) is 124 Å². The Morgan fingerprint density at radius 1 is 0.287 bits per heavy atom. The lowest BCUT2D eigenvalue weighted by Gasteiger charge is -2.25. The summed E-state index contributed by atoms with van der Waals surface area (Å²) in [5, 5.41) is 20.0. The van der Waals surface area contributed by atoms with E-state index < -0.39 is 74.7 Å². The van der Waals surface area contributed by atoms with Crippen LogP contribution in [0.5, 0.6) is 23.0 Å². The number of rotatable bonds is 5. The van der Waals surface area contributed by atoms with Gasteiger partial charge >= 0.3 is 0 Å². The second kappa shape index (κ2) is 30.9. The lowest BCUT2D eigenvalue weighted by molar-refractivity contribution is -0.117. The number of carbonyl (C=O) groups is 4. The van der Waals surface area contributed by atoms with Gasteiger partial charge in [-0.05, 0) is 210 Å². The summed E-state index contributed by atoms with van der Waals surface area (Å²) in [7, 11) is 6.36. The van der Waals surface area contributed by atoms with E-state index >= 15 is 41.1 Å². The minimum atomic E-state index is -2.39. The van der Waals surface area contributed by atoms with Gasteiger partial charge in [0.05, 0.1) is 73.7 Å². The molecular weight excluding hydrogens is 1550 g/mol. The molecule has 0 unspecified atom stereocenters. The topological polar surface area (TPSA) is 214 Å². The molecule has 7 heterocycles. The van der Waals surface area contributed by atoms with Gasteiger partial charge in [-0.15, -0.1) is 0 Å². The van der Waals surface area contributed by atoms with Crippen LogP contribution in [-0.2, 0) is 55.7 Å². The van der Waals surface area contributed by atoms with Gasteiger partial charge in [-0.3, -0.25) is 19.2 Å². The number of hydrogen-bond acceptors (Lipinski definition) is 9. The van der Waals surface area contributed by atoms with Crippen molar-refractivity contribution in [3.05, 3.63) is 256 Å². The molecule has 15 aromatic rings. The Hall–Kier alpha value is -14.1. The smallest absolute Gasteiger partial charge is 0.224 e. The van der Waals surface area contributed by atoms with Crippen LogP contribution in [0.4, 0.5) is 44.7 Å². The third-order valence-electron chi connectivity index (χ3n) is 23.8. The van der Waals surface area contributed by atoms with Gasteiger partial charge in [0.1, 0.15) is 23.0 Å². The summed E-state index contributed by atoms with van der Waals surface area (Å²) in [5.41, 5.74) is 6.41. The number of halogens is 5. The highest BCUT2D eigenvalue weighted by atomic mass is 19.2. The molecule has 122 heavy (non-hydrogen) atoms. The molecule has 4 aromatic heterocycles. The number of nitrogens with zero attached hydrogens (tertiary/aromatic N) is 1. The molecule has 0 aliphatic carbocycles. The number of fused-ring (bicyclic) bond motifs is 22. The zero-order valence-electron chi connectivity index (χ0n) is 68.7. The molecule has 7 N–H and O–H groups in total. The molecule has 11 aromatic carbocycles. The molecule has 20 bridgehead atoms. The molecule has 18 rings (SSSR count). The minimum Gasteiger partial charge on any atom is -0.496 e. The van der Waals surface area contributed by atoms with Crippen LogP contribution in [0, 0.1) is 29.1 Å². The van der Waals surface area contributed by atoms with Crippen LogP contribution in [0.3, 0.4) is 0 Å². The van der Waals surface area contributed by atoms with E-state index in [2.05, 4.69) is 36.2 Å². The SMILES string of the molecule is COc1c2cc3ccccc3c1-c1c(OC)c(cc3ccccc13)CCC(=O)Nc1cc(C(C)(C)C)cc3c1-c1c4ccc([nH]4)c4nc(c(c5ccc([nH]5)c(-c5c(F)c(F)c(F)c(F)c5F)c5ccc1[nH]5)-c1c(cc(C(C)(C)C)cc1NC(=O)CCc1cc5ccccc5c(c1OC)-c1c(OC)c(cc5ccccc15)CCC(=O)N3)NC(=O)CC2)C=C4. The number of anilines is 4. The molecule has 0 spiro atoms. The maximum Gasteiger partial charge on any atom is 0.224 e. The van der Waals surface area contributed by atoms with Crippen LogP contribution in [-0.4, -0.2) is 72.0 Å². The van der Waals surface area contributed by atoms with E-state index in [0.29, 0.717) is 95.4 Å². The first kappa shape index (κ1) is 79.1. The molecule has 16 nitrogen and oxygen atoms in total. The van der Waals surface area contributed by atoms with Crippen molar-refractivity contribution < 1.29 is 60.1 Å². The summed E-state index contributed by atoms with van der Waals surface area (Å²) in [6.07, 6.45) is 3.27. The van der Waals surface area contributed by atoms with Gasteiger partial charge < -0.3 is 55.2 Å². The van der Waals surface area contributed by atoms with E-state index in [4.69, 9.17) is 23.9 Å². The van der Waals surface area contributed by atoms with Crippen molar-refractivity contribution in [1.82, 2.24) is 19.9 Å². The number of H-pyrrole nitrogens is 3. The van der Waals surface area contributed by atoms with E-state index in [0.717, 1.165) is 43.1 Å². The number of aryl methyl sites for hydroxylation is 4. The fourth-order valence-corrected chi connectivity index (χ4v) is 17.9. The van der Waals surface area contributed by atoms with Crippen molar-refractivity contribution >= 4 is 135 Å². The van der Waals surface area contributed by atoms with E-state index in [1.807, 2.05) is 187 Å². The third kappa shape index (κ3) is 13.9. The Labute approximate surface area is 698 Å². The molecule has 0 saturated carbocycles. The highest BCUT2D eigenvalue weighted by Gasteiger charge is 2.35. The van der Waals surface area contributed by atoms with Gasteiger partial charge in [-0.1, -0.05) is 139 Å². The van der Waals surface area contributed by atoms with E-state index in [1.165, 1.54) is 12.1 Å². The number of benzene rings is 11. The van der Waals surface area contributed by atoms with E-state index in [9.17, 15) is 0 Å². The fraction of sp³-hybridized carbons (Fsp3) is 0.198. The number of carbonyl (C=O) groups excluding carboxylic acids is 4. The van der Waals surface area contributed by atoms with Gasteiger partial charge in [0, 0.05) is 103 Å². The third-order valence-corrected chi connectivity index (χ3v) is 23.8. The van der Waals surface area contributed by atoms with Crippen molar-refractivity contribution in [3.63, 3.8) is 0 Å². The minimum absolute atomic E-state index is 0.0986. The number of aromatic amines is 3. The molecule has 3 aliphatic heterocycles. The Kier molecular flexibility index (Phi) is 20.0. The van der Waals surface area contributed by atoms with Crippen LogP contribution in [0.2, 0.25) is 0 Å². The first-order valence-corrected chi connectivity index (χ1v) is 40.6. The lowest BCUT2D eigenvalue weighted by atomic mass is 9.84. The summed E-state index contributed by atoms with van der Waals surface area (Å²) in [6, 6.07) is 56.6. The first-order chi connectivity index (χ1) is 58.8. The predicted molar refractivity (Wildman–Crippen MR) is 476 cm³/mol. The van der Waals surface area contributed by atoms with Crippen molar-refractivity contribution in [3.8, 4) is 78.6 Å². The van der Waals surface area contributed by atoms with Crippen molar-refractivity contribution in [1.29, 1.82) is 0 Å². The highest BCUT2D eigenvalue weighted by Crippen LogP contribution is 2.54. The van der Waals surface area contributed by atoms with Crippen LogP contribution >= 0.6 is 0 Å². The average molecular weight is 1630 g/mol. The van der Waals surface area contributed by atoms with Crippen molar-refractivity contribution in [2.45, 2.75) is 104 Å². The van der Waals surface area contributed by atoms with Crippen LogP contribution in [0.1, 0.15) is 112 Å². The summed E-state index contributed by atoms with van der Waals surface area (Å²) >= 11 is 0. The van der Waals surface area contributed by atoms with Crippen molar-refractivity contribution in [2.75, 3.05) is 49.7 Å². The van der Waals surface area contributed by atoms with E-state index in [1.54, 1.807) is 64.9 Å². The van der Waals surface area contributed by atoms with Gasteiger partial charge in [0.2, 0.25) is 29.4 Å². The summed E-state index contributed by atoms with van der Waals surface area (Å²) in [4.78, 5) is 79.5. The van der Waals surface area contributed by atoms with Crippen LogP contribution in [0.25, 0.3) is 144 Å². The summed E-state index contributed by atoms with van der Waals surface area (Å²) in [5.74, 6) is -11.2.